The molecule has 0 fully saturated rings. The molecule has 0 heterocycles. The molecule has 11 heteroatoms. The number of carbonyl (C=O) groups is 2. The summed E-state index contributed by atoms with van der Waals surface area (Å²) < 4.78 is 34.1. The molecule has 55 heavy (non-hydrogen) atoms. The van der Waals surface area contributed by atoms with Crippen molar-refractivity contribution in [3.05, 3.63) is 72.9 Å². The number of quaternary nitrogens is 1. The maximum absolute atomic E-state index is 12.6. The number of phosphoric acid groups is 1. The summed E-state index contributed by atoms with van der Waals surface area (Å²) in [7, 11) is 1.40. The number of hydrogen-bond donors (Lipinski definition) is 2. The second-order valence-electron chi connectivity index (χ2n) is 14.8. The van der Waals surface area contributed by atoms with E-state index in [4.69, 9.17) is 18.5 Å². The molecule has 0 saturated carbocycles. The first-order valence-electron chi connectivity index (χ1n) is 20.8. The number of allylic oxidation sites excluding steroid dienone is 10. The number of aliphatic hydroxyl groups is 1. The highest BCUT2D eigenvalue weighted by molar-refractivity contribution is 7.47. The van der Waals surface area contributed by atoms with E-state index >= 15 is 0 Å². The number of hydrogen-bond acceptors (Lipinski definition) is 8. The smallest absolute Gasteiger partial charge is 0.462 e. The van der Waals surface area contributed by atoms with Crippen LogP contribution in [0.4, 0.5) is 0 Å². The Morgan fingerprint density at radius 3 is 1.95 bits per heavy atom. The van der Waals surface area contributed by atoms with Gasteiger partial charge in [-0.15, -0.1) is 0 Å². The Morgan fingerprint density at radius 1 is 0.673 bits per heavy atom. The maximum Gasteiger partial charge on any atom is 0.472 e. The van der Waals surface area contributed by atoms with E-state index < -0.39 is 38.6 Å². The average Bonchev–Trinajstić information content (AvgIpc) is 3.13. The summed E-state index contributed by atoms with van der Waals surface area (Å²) in [6, 6.07) is 0. The normalized spacial score (nSPS) is 15.0. The van der Waals surface area contributed by atoms with Gasteiger partial charge in [-0.3, -0.25) is 18.6 Å². The van der Waals surface area contributed by atoms with Crippen LogP contribution in [0.25, 0.3) is 0 Å². The quantitative estimate of drug-likeness (QED) is 0.0159. The van der Waals surface area contributed by atoms with Crippen LogP contribution in [0.1, 0.15) is 136 Å². The third-order valence-electron chi connectivity index (χ3n) is 8.30. The molecule has 316 valence electrons. The second kappa shape index (κ2) is 35.8. The molecule has 10 nitrogen and oxygen atoms in total. The molecule has 2 N–H and O–H groups in total. The zero-order valence-electron chi connectivity index (χ0n) is 35.0. The van der Waals surface area contributed by atoms with Crippen LogP contribution in [0.15, 0.2) is 72.9 Å². The van der Waals surface area contributed by atoms with Crippen LogP contribution in [0.5, 0.6) is 0 Å². The molecule has 0 saturated heterocycles. The molecule has 0 aromatic rings. The molecular formula is C44H77NO9P+. The Kier molecular flexibility index (Phi) is 34.1. The summed E-state index contributed by atoms with van der Waals surface area (Å²) in [4.78, 5) is 35.3. The van der Waals surface area contributed by atoms with Crippen molar-refractivity contribution in [2.45, 2.75) is 148 Å². The number of unbranched alkanes of at least 4 members (excludes halogenated alkanes) is 10. The Morgan fingerprint density at radius 2 is 1.25 bits per heavy atom. The van der Waals surface area contributed by atoms with Gasteiger partial charge < -0.3 is 24.0 Å². The first-order chi connectivity index (χ1) is 26.4. The molecule has 0 aliphatic heterocycles. The van der Waals surface area contributed by atoms with Gasteiger partial charge in [-0.05, 0) is 70.6 Å². The van der Waals surface area contributed by atoms with Gasteiger partial charge in [0.1, 0.15) is 19.8 Å². The van der Waals surface area contributed by atoms with Gasteiger partial charge in [0.15, 0.2) is 6.10 Å². The zero-order chi connectivity index (χ0) is 40.9. The third kappa shape index (κ3) is 39.4. The summed E-state index contributed by atoms with van der Waals surface area (Å²) in [6.07, 6.45) is 40.1. The Balaban J connectivity index is 4.54. The Hall–Kier alpha value is -2.59. The van der Waals surface area contributed by atoms with Crippen LogP contribution in [-0.4, -0.2) is 86.1 Å². The minimum Gasteiger partial charge on any atom is -0.462 e. The summed E-state index contributed by atoms with van der Waals surface area (Å²) in [5.41, 5.74) is 0. The summed E-state index contributed by atoms with van der Waals surface area (Å²) >= 11 is 0. The molecule has 3 atom stereocenters. The standard InChI is InChI=1S/C44H76NO9P/c1-6-8-10-11-12-13-14-15-20-23-26-29-32-36-44(48)54-42(40-53-55(49,50)52-38-37-45(3,4)5)39-51-43(47)35-31-28-25-22-19-17-16-18-21-24-27-30-34-41(46)33-9-7-2/h9,13-14,16-17,21-22,24-25,27,30,33,41-42,46H,6-8,10-12,15,18-20,23,26,28-29,31-32,34-40H2,1-5H3/p+1/b14-13-,17-16-,24-21-,25-22-,30-27+,33-9-/t41?,42-/m1/s1. The van der Waals surface area contributed by atoms with Crippen molar-refractivity contribution in [2.24, 2.45) is 0 Å². The van der Waals surface area contributed by atoms with Crippen LogP contribution < -0.4 is 0 Å². The number of carbonyl (C=O) groups excluding carboxylic acids is 2. The largest absolute Gasteiger partial charge is 0.472 e. The Bertz CT molecular complexity index is 1190. The summed E-state index contributed by atoms with van der Waals surface area (Å²) in [5.74, 6) is -0.909. The molecule has 0 aliphatic rings. The maximum atomic E-state index is 12.6. The number of nitrogens with zero attached hydrogens (tertiary/aromatic N) is 1. The number of likely N-dealkylation sites (N-methyl/N-ethyl adjacent to an activating group) is 1. The van der Waals surface area contributed by atoms with Crippen molar-refractivity contribution in [3.63, 3.8) is 0 Å². The first kappa shape index (κ1) is 52.4. The predicted molar refractivity (Wildman–Crippen MR) is 225 cm³/mol. The molecule has 0 aromatic heterocycles. The molecule has 0 radical (unpaired) electrons. The van der Waals surface area contributed by atoms with Gasteiger partial charge in [0.05, 0.1) is 33.9 Å². The number of phosphoric ester groups is 1. The molecular weight excluding hydrogens is 717 g/mol. The van der Waals surface area contributed by atoms with Crippen molar-refractivity contribution in [2.75, 3.05) is 47.5 Å². The van der Waals surface area contributed by atoms with E-state index in [1.807, 2.05) is 70.6 Å². The van der Waals surface area contributed by atoms with Crippen molar-refractivity contribution in [1.82, 2.24) is 0 Å². The van der Waals surface area contributed by atoms with Crippen LogP contribution in [0, 0.1) is 0 Å². The fourth-order valence-electron chi connectivity index (χ4n) is 5.00. The van der Waals surface area contributed by atoms with Gasteiger partial charge in [-0.2, -0.15) is 0 Å². The minimum absolute atomic E-state index is 0.0107. The van der Waals surface area contributed by atoms with Gasteiger partial charge in [0, 0.05) is 12.8 Å². The van der Waals surface area contributed by atoms with E-state index in [0.29, 0.717) is 36.7 Å². The van der Waals surface area contributed by atoms with Crippen molar-refractivity contribution >= 4 is 19.8 Å². The highest BCUT2D eigenvalue weighted by Crippen LogP contribution is 2.43. The molecule has 2 unspecified atom stereocenters. The van der Waals surface area contributed by atoms with Gasteiger partial charge >= 0.3 is 19.8 Å². The average molecular weight is 795 g/mol. The van der Waals surface area contributed by atoms with Crippen molar-refractivity contribution in [1.29, 1.82) is 0 Å². The van der Waals surface area contributed by atoms with E-state index in [0.717, 1.165) is 57.8 Å². The molecule has 0 amide bonds. The number of ether oxygens (including phenoxy) is 2. The highest BCUT2D eigenvalue weighted by atomic mass is 31.2. The number of rotatable bonds is 36. The van der Waals surface area contributed by atoms with E-state index in [2.05, 4.69) is 37.3 Å². The van der Waals surface area contributed by atoms with Gasteiger partial charge in [0.2, 0.25) is 0 Å². The van der Waals surface area contributed by atoms with Crippen LogP contribution in [0.3, 0.4) is 0 Å². The lowest BCUT2D eigenvalue weighted by atomic mass is 10.1. The summed E-state index contributed by atoms with van der Waals surface area (Å²) in [5, 5.41) is 9.76. The number of aliphatic hydroxyl groups excluding tert-OH is 1. The Labute approximate surface area is 334 Å². The van der Waals surface area contributed by atoms with E-state index in [1.165, 1.54) is 25.7 Å². The zero-order valence-corrected chi connectivity index (χ0v) is 35.9. The monoisotopic (exact) mass is 795 g/mol. The van der Waals surface area contributed by atoms with Crippen LogP contribution >= 0.6 is 7.82 Å². The fraction of sp³-hybridized carbons (Fsp3) is 0.682. The lowest BCUT2D eigenvalue weighted by Gasteiger charge is -2.24. The molecule has 0 rings (SSSR count). The second-order valence-corrected chi connectivity index (χ2v) is 16.3. The van der Waals surface area contributed by atoms with Crippen LogP contribution in [-0.2, 0) is 32.7 Å². The molecule has 0 bridgehead atoms. The predicted octanol–water partition coefficient (Wildman–Crippen LogP) is 10.4. The SMILES string of the molecule is CC/C=C\C(O)C/C=C/C=C\C/C=C\C/C=C\CCCC(=O)OC[C@H](COP(=O)(O)OCC[N+](C)(C)C)OC(=O)CCCCCCC/C=C\CCCCCC. The van der Waals surface area contributed by atoms with Crippen LogP contribution in [0.2, 0.25) is 0 Å². The highest BCUT2D eigenvalue weighted by Gasteiger charge is 2.27. The number of esters is 2. The first-order valence-corrected chi connectivity index (χ1v) is 22.3. The van der Waals surface area contributed by atoms with Crippen molar-refractivity contribution < 1.29 is 47.2 Å². The van der Waals surface area contributed by atoms with E-state index in [1.54, 1.807) is 0 Å². The fourth-order valence-corrected chi connectivity index (χ4v) is 5.75. The topological polar surface area (TPSA) is 129 Å². The van der Waals surface area contributed by atoms with Gasteiger partial charge in [0.25, 0.3) is 0 Å². The molecule has 0 aromatic carbocycles. The lowest BCUT2D eigenvalue weighted by molar-refractivity contribution is -0.870. The van der Waals surface area contributed by atoms with E-state index in [9.17, 15) is 24.2 Å². The molecule has 0 aliphatic carbocycles. The summed E-state index contributed by atoms with van der Waals surface area (Å²) in [6.45, 7) is 4.05. The lowest BCUT2D eigenvalue weighted by Crippen LogP contribution is -2.37. The van der Waals surface area contributed by atoms with Gasteiger partial charge in [-0.25, -0.2) is 4.57 Å². The molecule has 0 spiro atoms. The minimum atomic E-state index is -4.40. The van der Waals surface area contributed by atoms with Gasteiger partial charge in [-0.1, -0.05) is 125 Å². The van der Waals surface area contributed by atoms with Crippen molar-refractivity contribution in [3.8, 4) is 0 Å². The third-order valence-corrected chi connectivity index (χ3v) is 9.28. The van der Waals surface area contributed by atoms with E-state index in [-0.39, 0.29) is 26.1 Å².